The summed E-state index contributed by atoms with van der Waals surface area (Å²) in [6, 6.07) is 38.4. The number of Topliss-reactive ketones (excluding diaryl/α,β-unsaturated/α-hetero) is 3. The summed E-state index contributed by atoms with van der Waals surface area (Å²) in [6.07, 6.45) is 6.56. The van der Waals surface area contributed by atoms with E-state index < -0.39 is 23.9 Å². The van der Waals surface area contributed by atoms with E-state index in [4.69, 9.17) is 49.0 Å². The summed E-state index contributed by atoms with van der Waals surface area (Å²) in [5, 5.41) is 32.7. The molecule has 7 aromatic carbocycles. The zero-order valence-electron chi connectivity index (χ0n) is 81.4. The largest absolute Gasteiger partial charge is 0.494 e. The van der Waals surface area contributed by atoms with Gasteiger partial charge >= 0.3 is 0 Å². The van der Waals surface area contributed by atoms with Crippen LogP contribution in [0.15, 0.2) is 138 Å². The molecule has 0 bridgehead atoms. The van der Waals surface area contributed by atoms with E-state index >= 15 is 0 Å². The van der Waals surface area contributed by atoms with Gasteiger partial charge in [-0.3, -0.25) is 57.2 Å². The highest BCUT2D eigenvalue weighted by atomic mass is 35.5. The van der Waals surface area contributed by atoms with Gasteiger partial charge in [-0.15, -0.1) is 0 Å². The Balaban J connectivity index is 0.000000195. The van der Waals surface area contributed by atoms with Gasteiger partial charge in [0.1, 0.15) is 23.0 Å². The Hall–Kier alpha value is -12.5. The summed E-state index contributed by atoms with van der Waals surface area (Å²) >= 11 is 19.0. The lowest BCUT2D eigenvalue weighted by molar-refractivity contribution is -0.128. The molecule has 0 spiro atoms. The van der Waals surface area contributed by atoms with Gasteiger partial charge in [-0.2, -0.15) is 15.3 Å². The highest BCUT2D eigenvalue weighted by Gasteiger charge is 2.35. The van der Waals surface area contributed by atoms with Gasteiger partial charge in [0, 0.05) is 112 Å². The van der Waals surface area contributed by atoms with E-state index in [1.165, 1.54) is 13.8 Å². The number of halogens is 3. The van der Waals surface area contributed by atoms with Crippen molar-refractivity contribution in [2.75, 3.05) is 46.0 Å². The lowest BCUT2D eigenvalue weighted by atomic mass is 9.93. The lowest BCUT2D eigenvalue weighted by Gasteiger charge is -2.19. The lowest BCUT2D eigenvalue weighted by Crippen LogP contribution is -2.46. The molecule has 3 aliphatic rings. The van der Waals surface area contributed by atoms with Crippen molar-refractivity contribution in [2.45, 2.75) is 207 Å². The maximum Gasteiger partial charge on any atom is 0.248 e. The molecule has 3 heterocycles. The number of carbonyl (C=O) groups excluding carboxylic acids is 9. The third-order valence-electron chi connectivity index (χ3n) is 25.2. The first-order chi connectivity index (χ1) is 64.2. The standard InChI is InChI=1S/C39H43ClN4O4.C37H47ClN4O4.C32H37ClN4O4/c1-23-18-29(19-24(2)38(23)40)48-17-11-16-31-30-14-10-15-32(37-25(3)43-44(6)26(37)4)33(30)21-34(31)39(47)41-22-36(46)42-35(27(5)45)20-28-12-8-7-9-13-28;1-9-33(43)32(16-21(2)3)40-34(44)20-39-37(45)31-19-30-27(12-10-13-29(30)35-24(6)41-42(8)25(35)7)28(31)14-11-15-46-26-17-22(4)36(38)23(5)18-26;1-18-13-23(14-19(2)31(18)33)41-12-8-11-25-24-9-7-10-26(30-21(4)36-37(6)22(30)5)27(24)15-28(25)32(40)35-17-29(39)34-16-20(3)38/h7-10,12-15,18-19,35H,11,16-17,20-22H2,1-6H3,(H,41,47)(H,42,46);10,12-13,17-18,21,32H,9,11,14-16,19-20H2,1-8H3,(H,39,45)(H,40,44);7,9-10,13-14H,8,11-12,15-17H2,1-6H3,(H,34,39)(H,35,40)/t35-;32-;/m00./s1. The Morgan fingerprint density at radius 1 is 0.400 bits per heavy atom. The van der Waals surface area contributed by atoms with E-state index in [1.54, 1.807) is 6.92 Å². The molecule has 6 amide bonds. The van der Waals surface area contributed by atoms with Gasteiger partial charge in [0.05, 0.1) is 75.2 Å². The van der Waals surface area contributed by atoms with Crippen molar-refractivity contribution in [1.29, 1.82) is 0 Å². The van der Waals surface area contributed by atoms with Crippen molar-refractivity contribution >= 4 is 104 Å². The Labute approximate surface area is 807 Å². The van der Waals surface area contributed by atoms with Crippen molar-refractivity contribution in [3.63, 3.8) is 0 Å². The van der Waals surface area contributed by atoms with Gasteiger partial charge in [0.2, 0.25) is 35.4 Å². The van der Waals surface area contributed by atoms with E-state index in [1.807, 2.05) is 210 Å². The van der Waals surface area contributed by atoms with Gasteiger partial charge in [0.25, 0.3) is 0 Å². The Morgan fingerprint density at radius 3 is 1.00 bits per heavy atom. The van der Waals surface area contributed by atoms with E-state index in [9.17, 15) is 43.2 Å². The first-order valence-corrected chi connectivity index (χ1v) is 47.4. The second kappa shape index (κ2) is 46.6. The highest BCUT2D eigenvalue weighted by molar-refractivity contribution is 6.33. The number of benzene rings is 7. The molecule has 0 unspecified atom stereocenters. The number of aryl methyl sites for hydroxylation is 12. The molecule has 2 atom stereocenters. The number of rotatable bonds is 38. The van der Waals surface area contributed by atoms with Crippen LogP contribution in [0.2, 0.25) is 15.1 Å². The number of hydrogen-bond donors (Lipinski definition) is 6. The fraction of sp³-hybridized carbons (Fsp3) is 0.389. The van der Waals surface area contributed by atoms with Crippen molar-refractivity contribution in [3.8, 4) is 50.6 Å². The normalized spacial score (nSPS) is 12.8. The van der Waals surface area contributed by atoms with Crippen LogP contribution in [0.25, 0.3) is 50.1 Å². The van der Waals surface area contributed by atoms with E-state index in [2.05, 4.69) is 90.5 Å². The average Bonchev–Trinajstić information content (AvgIpc) is 1.61. The van der Waals surface area contributed by atoms with Crippen LogP contribution in [-0.4, -0.2) is 140 Å². The van der Waals surface area contributed by atoms with E-state index in [0.29, 0.717) is 114 Å². The molecule has 135 heavy (non-hydrogen) atoms. The second-order valence-electron chi connectivity index (χ2n) is 35.9. The minimum Gasteiger partial charge on any atom is -0.494 e. The predicted molar refractivity (Wildman–Crippen MR) is 535 cm³/mol. The highest BCUT2D eigenvalue weighted by Crippen LogP contribution is 2.47. The fourth-order valence-corrected chi connectivity index (χ4v) is 18.5. The van der Waals surface area contributed by atoms with Crippen LogP contribution in [0.5, 0.6) is 17.2 Å². The number of fused-ring (bicyclic) bond motifs is 3. The quantitative estimate of drug-likeness (QED) is 0.0196. The predicted octanol–water partition coefficient (Wildman–Crippen LogP) is 18.3. The molecule has 6 N–H and O–H groups in total. The average molecular weight is 1890 g/mol. The number of hydrogen-bond acceptors (Lipinski definition) is 15. The first-order valence-electron chi connectivity index (χ1n) is 46.2. The molecule has 0 saturated carbocycles. The third kappa shape index (κ3) is 25.6. The minimum absolute atomic E-state index is 0.00993. The number of nitrogens with one attached hydrogen (secondary N) is 6. The van der Waals surface area contributed by atoms with Gasteiger partial charge in [-0.1, -0.05) is 141 Å². The third-order valence-corrected chi connectivity index (χ3v) is 27.0. The van der Waals surface area contributed by atoms with Crippen LogP contribution in [0.4, 0.5) is 0 Å². The Kier molecular flexibility index (Phi) is 35.6. The molecule has 3 aromatic heterocycles. The molecule has 3 aliphatic carbocycles. The number of nitrogens with zero attached hydrogens (tertiary/aromatic N) is 6. The number of ketones is 3. The maximum absolute atomic E-state index is 13.8. The summed E-state index contributed by atoms with van der Waals surface area (Å²) in [5.41, 5.74) is 30.2. The molecule has 0 aliphatic heterocycles. The second-order valence-corrected chi connectivity index (χ2v) is 37.0. The fourth-order valence-electron chi connectivity index (χ4n) is 18.2. The van der Waals surface area contributed by atoms with Gasteiger partial charge in [0.15, 0.2) is 11.6 Å². The molecule has 13 rings (SSSR count). The van der Waals surface area contributed by atoms with Crippen LogP contribution in [0.1, 0.15) is 192 Å². The van der Waals surface area contributed by atoms with Crippen LogP contribution < -0.4 is 46.1 Å². The molecule has 0 fully saturated rings. The molecule has 24 nitrogen and oxygen atoms in total. The summed E-state index contributed by atoms with van der Waals surface area (Å²) in [6.45, 7) is 33.3. The first kappa shape index (κ1) is 103. The van der Waals surface area contributed by atoms with Crippen LogP contribution >= 0.6 is 34.8 Å². The van der Waals surface area contributed by atoms with E-state index in [0.717, 1.165) is 189 Å². The summed E-state index contributed by atoms with van der Waals surface area (Å²) in [5.74, 6) is 0.186. The van der Waals surface area contributed by atoms with Crippen LogP contribution in [0, 0.1) is 89.0 Å². The number of ether oxygens (including phenoxy) is 3. The van der Waals surface area contributed by atoms with Crippen molar-refractivity contribution in [2.24, 2.45) is 27.1 Å². The van der Waals surface area contributed by atoms with Crippen molar-refractivity contribution in [3.05, 3.63) is 260 Å². The number of allylic oxidation sites excluding steroid dienone is 3. The van der Waals surface area contributed by atoms with Gasteiger partial charge in [-0.25, -0.2) is 0 Å². The SMILES string of the molecule is CC(=O)CNC(=O)CNC(=O)C1=C(CCCOc2cc(C)c(Cl)c(C)c2)c2cccc(-c3c(C)nn(C)c3C)c2C1.CC(=O)[C@H](Cc1ccccc1)NC(=O)CNC(=O)C1=C(CCCOc2cc(C)c(Cl)c(C)c2)c2cccc(-c3c(C)nn(C)c3C)c2C1.CCC(=O)[C@H](CC(C)C)NC(=O)CNC(=O)C1=C(CCCOc2cc(C)c(Cl)c(C)c2)c2cccc(-c3c(C)nn(C)c3C)c2C1. The number of amides is 6. The summed E-state index contributed by atoms with van der Waals surface area (Å²) < 4.78 is 23.9. The molecule has 10 aromatic rings. The van der Waals surface area contributed by atoms with E-state index in [-0.39, 0.29) is 73.1 Å². The monoisotopic (exact) mass is 1890 g/mol. The zero-order valence-corrected chi connectivity index (χ0v) is 83.7. The molecule has 0 radical (unpaired) electrons. The smallest absolute Gasteiger partial charge is 0.248 e. The van der Waals surface area contributed by atoms with Crippen LogP contribution in [-0.2, 0) is 90.0 Å². The summed E-state index contributed by atoms with van der Waals surface area (Å²) in [7, 11) is 5.80. The summed E-state index contributed by atoms with van der Waals surface area (Å²) in [4.78, 5) is 115. The Morgan fingerprint density at radius 2 is 0.711 bits per heavy atom. The molecule has 0 saturated heterocycles. The van der Waals surface area contributed by atoms with Crippen LogP contribution in [0.3, 0.4) is 0 Å². The molecule has 712 valence electrons. The van der Waals surface area contributed by atoms with Gasteiger partial charge in [-0.05, 0) is 296 Å². The number of aromatic nitrogens is 6. The molecular weight excluding hydrogens is 1760 g/mol. The van der Waals surface area contributed by atoms with Crippen molar-refractivity contribution < 1.29 is 57.4 Å². The Bertz CT molecular complexity index is 6240. The van der Waals surface area contributed by atoms with Crippen molar-refractivity contribution in [1.82, 2.24) is 61.2 Å². The molecular formula is C108H127Cl3N12O12. The maximum atomic E-state index is 13.8. The van der Waals surface area contributed by atoms with Gasteiger partial charge < -0.3 is 46.1 Å². The zero-order chi connectivity index (χ0) is 98.1. The molecule has 27 heteroatoms. The minimum atomic E-state index is -0.677. The topological polar surface area (TPSA) is 307 Å². The number of carbonyl (C=O) groups is 9.